The Kier molecular flexibility index (Phi) is 22.0. The number of benzene rings is 2. The fourth-order valence-corrected chi connectivity index (χ4v) is 8.39. The molecular weight excluding hydrogens is 639 g/mol. The van der Waals surface area contributed by atoms with Crippen LogP contribution in [0.2, 0.25) is 0 Å². The fourth-order valence-electron chi connectivity index (χ4n) is 6.06. The molecule has 0 saturated heterocycles. The summed E-state index contributed by atoms with van der Waals surface area (Å²) in [4.78, 5) is 0. The minimum atomic E-state index is -3.61. The first-order valence-electron chi connectivity index (χ1n) is 19.2. The number of rotatable bonds is 16. The molecule has 3 rings (SSSR count). The van der Waals surface area contributed by atoms with Crippen molar-refractivity contribution in [1.29, 1.82) is 0 Å². The Bertz CT molecular complexity index is 1080. The van der Waals surface area contributed by atoms with E-state index in [4.69, 9.17) is 32.9 Å². The van der Waals surface area contributed by atoms with Crippen LogP contribution in [0.3, 0.4) is 0 Å². The zero-order valence-corrected chi connectivity index (χ0v) is 31.6. The average Bonchev–Trinajstić information content (AvgIpc) is 3.12. The topological polar surface area (TPSA) is 81.7 Å². The SMILES string of the molecule is CCCCCCCC[C@H]1COc2ccccc2P(=O)(OCC)c2ccccc2OC[C@H](CCCCCCCC)OCCOCCOCCO1. The maximum absolute atomic E-state index is 15.1. The molecule has 8 nitrogen and oxygen atoms in total. The third-order valence-corrected chi connectivity index (χ3v) is 11.4. The van der Waals surface area contributed by atoms with Crippen LogP contribution in [0.25, 0.3) is 0 Å². The van der Waals surface area contributed by atoms with E-state index in [0.717, 1.165) is 25.7 Å². The van der Waals surface area contributed by atoms with Crippen molar-refractivity contribution in [2.24, 2.45) is 0 Å². The Morgan fingerprint density at radius 1 is 0.571 bits per heavy atom. The normalized spacial score (nSPS) is 19.8. The van der Waals surface area contributed by atoms with Crippen LogP contribution < -0.4 is 20.1 Å². The molecule has 0 bridgehead atoms. The summed E-state index contributed by atoms with van der Waals surface area (Å²) in [6.07, 6.45) is 16.1. The summed E-state index contributed by atoms with van der Waals surface area (Å²) in [6.45, 7) is 10.2. The maximum Gasteiger partial charge on any atom is 0.268 e. The lowest BCUT2D eigenvalue weighted by atomic mass is 10.1. The molecule has 1 aliphatic rings. The standard InChI is InChI=1S/C40H65O8P/c1-4-7-9-11-13-15-21-35-33-46-37-23-17-19-25-39(37)49(41,48-6-3)40-26-20-18-24-38(40)47-34-36(22-16-14-12-10-8-5-2)45-32-30-43-28-27-42-29-31-44-35/h17-20,23-26,35-36H,4-16,21-22,27-34H2,1-3H3/t35-,36-/m0/s1. The molecule has 0 aliphatic carbocycles. The van der Waals surface area contributed by atoms with Crippen LogP contribution >= 0.6 is 7.37 Å². The van der Waals surface area contributed by atoms with Gasteiger partial charge < -0.3 is 32.9 Å². The molecule has 278 valence electrons. The smallest absolute Gasteiger partial charge is 0.268 e. The lowest BCUT2D eigenvalue weighted by Gasteiger charge is -2.25. The predicted octanol–water partition coefficient (Wildman–Crippen LogP) is 9.03. The van der Waals surface area contributed by atoms with Crippen LogP contribution in [-0.2, 0) is 28.0 Å². The first kappa shape index (κ1) is 41.5. The van der Waals surface area contributed by atoms with E-state index in [1.165, 1.54) is 64.2 Å². The number of fused-ring (bicyclic) bond motifs is 2. The van der Waals surface area contributed by atoms with Gasteiger partial charge in [0.15, 0.2) is 0 Å². The van der Waals surface area contributed by atoms with Gasteiger partial charge in [-0.25, -0.2) is 0 Å². The Morgan fingerprint density at radius 3 is 1.43 bits per heavy atom. The van der Waals surface area contributed by atoms with Gasteiger partial charge in [0.1, 0.15) is 24.7 Å². The van der Waals surface area contributed by atoms with Crippen LogP contribution in [0.15, 0.2) is 48.5 Å². The molecule has 0 saturated carbocycles. The van der Waals surface area contributed by atoms with Gasteiger partial charge in [0.2, 0.25) is 0 Å². The van der Waals surface area contributed by atoms with Crippen LogP contribution in [0.5, 0.6) is 11.5 Å². The second-order valence-electron chi connectivity index (χ2n) is 12.8. The first-order valence-corrected chi connectivity index (χ1v) is 20.8. The van der Waals surface area contributed by atoms with E-state index >= 15 is 4.57 Å². The van der Waals surface area contributed by atoms with E-state index < -0.39 is 7.37 Å². The molecule has 1 heterocycles. The van der Waals surface area contributed by atoms with E-state index in [0.29, 0.717) is 75.0 Å². The molecule has 9 heteroatoms. The van der Waals surface area contributed by atoms with Gasteiger partial charge >= 0.3 is 0 Å². The van der Waals surface area contributed by atoms with E-state index in [1.54, 1.807) is 0 Å². The highest BCUT2D eigenvalue weighted by Crippen LogP contribution is 2.49. The first-order chi connectivity index (χ1) is 24.1. The number of unbranched alkanes of at least 4 members (excludes halogenated alkanes) is 10. The summed E-state index contributed by atoms with van der Waals surface area (Å²) in [5.41, 5.74) is 0. The second kappa shape index (κ2) is 25.9. The molecule has 2 aromatic carbocycles. The zero-order valence-electron chi connectivity index (χ0n) is 30.8. The molecule has 0 aromatic heterocycles. The molecule has 0 unspecified atom stereocenters. The van der Waals surface area contributed by atoms with Crippen LogP contribution in [0.1, 0.15) is 111 Å². The van der Waals surface area contributed by atoms with Crippen molar-refractivity contribution < 1.29 is 37.5 Å². The van der Waals surface area contributed by atoms with Gasteiger partial charge in [0.25, 0.3) is 7.37 Å². The molecule has 0 amide bonds. The second-order valence-corrected chi connectivity index (χ2v) is 15.2. The molecule has 2 aromatic rings. The molecule has 49 heavy (non-hydrogen) atoms. The van der Waals surface area contributed by atoms with Crippen molar-refractivity contribution in [2.75, 3.05) is 59.5 Å². The van der Waals surface area contributed by atoms with Crippen molar-refractivity contribution in [3.63, 3.8) is 0 Å². The summed E-state index contributed by atoms with van der Waals surface area (Å²) in [5, 5.41) is 1.05. The summed E-state index contributed by atoms with van der Waals surface area (Å²) in [6, 6.07) is 15.0. The maximum atomic E-state index is 15.1. The number of hydrogen-bond acceptors (Lipinski definition) is 8. The lowest BCUT2D eigenvalue weighted by Crippen LogP contribution is -2.28. The van der Waals surface area contributed by atoms with Crippen molar-refractivity contribution >= 4 is 18.0 Å². The summed E-state index contributed by atoms with van der Waals surface area (Å²) < 4.78 is 58.3. The van der Waals surface area contributed by atoms with Crippen LogP contribution in [0, 0.1) is 0 Å². The fraction of sp³-hybridized carbons (Fsp3) is 0.700. The molecule has 1 aliphatic heterocycles. The van der Waals surface area contributed by atoms with E-state index in [1.807, 2.05) is 55.5 Å². The minimum absolute atomic E-state index is 0.115. The Hall–Kier alpha value is -1.93. The summed E-state index contributed by atoms with van der Waals surface area (Å²) in [5.74, 6) is 1.07. The highest BCUT2D eigenvalue weighted by atomic mass is 31.2. The lowest BCUT2D eigenvalue weighted by molar-refractivity contribution is -0.0422. The molecule has 0 fully saturated rings. The van der Waals surface area contributed by atoms with E-state index in [2.05, 4.69) is 13.8 Å². The Morgan fingerprint density at radius 2 is 0.980 bits per heavy atom. The number of ether oxygens (including phenoxy) is 6. The largest absolute Gasteiger partial charge is 0.490 e. The summed E-state index contributed by atoms with van der Waals surface area (Å²) >= 11 is 0. The van der Waals surface area contributed by atoms with E-state index in [-0.39, 0.29) is 18.8 Å². The van der Waals surface area contributed by atoms with Gasteiger partial charge in [-0.15, -0.1) is 0 Å². The Labute approximate surface area is 297 Å². The molecule has 0 N–H and O–H groups in total. The highest BCUT2D eigenvalue weighted by Gasteiger charge is 2.35. The number of para-hydroxylation sites is 2. The van der Waals surface area contributed by atoms with Crippen LogP contribution in [0.4, 0.5) is 0 Å². The highest BCUT2D eigenvalue weighted by molar-refractivity contribution is 7.74. The van der Waals surface area contributed by atoms with Gasteiger partial charge in [-0.1, -0.05) is 115 Å². The van der Waals surface area contributed by atoms with Gasteiger partial charge in [0.05, 0.1) is 69.1 Å². The third-order valence-electron chi connectivity index (χ3n) is 8.82. The van der Waals surface area contributed by atoms with Crippen molar-refractivity contribution in [2.45, 2.75) is 123 Å². The molecule has 2 atom stereocenters. The van der Waals surface area contributed by atoms with Crippen molar-refractivity contribution in [1.82, 2.24) is 0 Å². The average molecular weight is 705 g/mol. The van der Waals surface area contributed by atoms with E-state index in [9.17, 15) is 0 Å². The molecule has 0 radical (unpaired) electrons. The summed E-state index contributed by atoms with van der Waals surface area (Å²) in [7, 11) is -3.61. The van der Waals surface area contributed by atoms with Gasteiger partial charge in [-0.3, -0.25) is 4.57 Å². The van der Waals surface area contributed by atoms with Gasteiger partial charge in [-0.2, -0.15) is 0 Å². The minimum Gasteiger partial charge on any atom is -0.490 e. The number of hydrogen-bond donors (Lipinski definition) is 0. The van der Waals surface area contributed by atoms with Crippen molar-refractivity contribution in [3.05, 3.63) is 48.5 Å². The van der Waals surface area contributed by atoms with Crippen LogP contribution in [-0.4, -0.2) is 71.7 Å². The monoisotopic (exact) mass is 704 g/mol. The predicted molar refractivity (Wildman–Crippen MR) is 199 cm³/mol. The quantitative estimate of drug-likeness (QED) is 0.127. The van der Waals surface area contributed by atoms with Crippen molar-refractivity contribution in [3.8, 4) is 11.5 Å². The third kappa shape index (κ3) is 15.9. The molecule has 0 spiro atoms. The zero-order chi connectivity index (χ0) is 34.8. The van der Waals surface area contributed by atoms with Gasteiger partial charge in [-0.05, 0) is 44.0 Å². The Balaban J connectivity index is 1.83. The van der Waals surface area contributed by atoms with Gasteiger partial charge in [0, 0.05) is 0 Å². The molecular formula is C40H65O8P.